The van der Waals surface area contributed by atoms with Crippen LogP contribution in [0.1, 0.15) is 11.1 Å². The summed E-state index contributed by atoms with van der Waals surface area (Å²) in [6, 6.07) is 25.4. The van der Waals surface area contributed by atoms with Crippen LogP contribution in [0, 0.1) is 5.82 Å². The Bertz CT molecular complexity index is 1850. The third kappa shape index (κ3) is 4.92. The molecule has 0 fully saturated rings. The summed E-state index contributed by atoms with van der Waals surface area (Å²) in [6.45, 7) is 0.614. The molecule has 0 saturated carbocycles. The summed E-state index contributed by atoms with van der Waals surface area (Å²) in [5.74, 6) is 0.147. The Morgan fingerprint density at radius 1 is 0.950 bits per heavy atom. The van der Waals surface area contributed by atoms with Crippen LogP contribution in [0.15, 0.2) is 84.9 Å². The summed E-state index contributed by atoms with van der Waals surface area (Å²) in [5, 5.41) is 10.4. The van der Waals surface area contributed by atoms with E-state index in [-0.39, 0.29) is 18.2 Å². The molecule has 4 aromatic carbocycles. The third-order valence-electron chi connectivity index (χ3n) is 6.52. The van der Waals surface area contributed by atoms with E-state index in [2.05, 4.69) is 8.75 Å². The number of fused-ring (bicyclic) bond motifs is 2. The number of hydrogen-bond acceptors (Lipinski definition) is 7. The second-order valence-electron chi connectivity index (χ2n) is 9.02. The summed E-state index contributed by atoms with van der Waals surface area (Å²) in [7, 11) is 1.38. The van der Waals surface area contributed by atoms with Gasteiger partial charge in [0.25, 0.3) is 0 Å². The summed E-state index contributed by atoms with van der Waals surface area (Å²) < 4.78 is 41.7. The van der Waals surface area contributed by atoms with Gasteiger partial charge < -0.3 is 23.9 Å². The Morgan fingerprint density at radius 2 is 1.77 bits per heavy atom. The van der Waals surface area contributed by atoms with Gasteiger partial charge in [0.2, 0.25) is 5.88 Å². The molecule has 0 aliphatic heterocycles. The first-order valence-corrected chi connectivity index (χ1v) is 13.0. The van der Waals surface area contributed by atoms with Crippen molar-refractivity contribution in [3.63, 3.8) is 0 Å². The molecule has 0 radical (unpaired) electrons. The van der Waals surface area contributed by atoms with Crippen LogP contribution in [0.3, 0.4) is 0 Å². The standard InChI is InChI=1S/C30H22FN3O5S/c1-37-27-12-8-20(14-23(27)31)28-22-10-9-21(38-17-18-5-3-2-4-6-18)15-26(22)34(29(28)39-30(35)36)16-19-7-11-24-25(13-19)33-40-32-24/h2-15H,16-17H2,1H3,(H,35,36). The number of aromatic nitrogens is 3. The Hall–Kier alpha value is -4.96. The number of benzene rings is 4. The average molecular weight is 556 g/mol. The largest absolute Gasteiger partial charge is 0.512 e. The molecule has 0 bridgehead atoms. The number of carboxylic acid groups (broad SMARTS) is 1. The number of carbonyl (C=O) groups is 1. The number of hydrogen-bond donors (Lipinski definition) is 1. The molecule has 6 rings (SSSR count). The van der Waals surface area contributed by atoms with E-state index in [4.69, 9.17) is 14.2 Å². The van der Waals surface area contributed by atoms with Crippen LogP contribution in [-0.2, 0) is 13.2 Å². The molecule has 0 aliphatic rings. The van der Waals surface area contributed by atoms with Crippen LogP contribution < -0.4 is 14.2 Å². The van der Waals surface area contributed by atoms with Crippen molar-refractivity contribution in [3.8, 4) is 28.5 Å². The zero-order valence-corrected chi connectivity index (χ0v) is 22.0. The second kappa shape index (κ2) is 10.7. The highest BCUT2D eigenvalue weighted by molar-refractivity contribution is 7.00. The Morgan fingerprint density at radius 3 is 2.55 bits per heavy atom. The highest BCUT2D eigenvalue weighted by Gasteiger charge is 2.24. The topological polar surface area (TPSA) is 95.7 Å². The van der Waals surface area contributed by atoms with E-state index in [0.717, 1.165) is 33.9 Å². The van der Waals surface area contributed by atoms with Crippen molar-refractivity contribution in [1.82, 2.24) is 13.3 Å². The second-order valence-corrected chi connectivity index (χ2v) is 9.55. The third-order valence-corrected chi connectivity index (χ3v) is 7.08. The summed E-state index contributed by atoms with van der Waals surface area (Å²) in [6.07, 6.45) is -1.49. The van der Waals surface area contributed by atoms with Gasteiger partial charge in [-0.2, -0.15) is 8.75 Å². The minimum Gasteiger partial charge on any atom is -0.494 e. The van der Waals surface area contributed by atoms with E-state index in [0.29, 0.717) is 34.4 Å². The number of ether oxygens (including phenoxy) is 3. The van der Waals surface area contributed by atoms with Gasteiger partial charge in [0, 0.05) is 11.5 Å². The number of nitrogens with zero attached hydrogens (tertiary/aromatic N) is 3. The molecule has 40 heavy (non-hydrogen) atoms. The van der Waals surface area contributed by atoms with E-state index in [1.54, 1.807) is 16.7 Å². The van der Waals surface area contributed by atoms with Gasteiger partial charge in [-0.15, -0.1) is 0 Å². The SMILES string of the molecule is COc1ccc(-c2c(OC(=O)O)n(Cc3ccc4nsnc4c3)c3cc(OCc4ccccc4)ccc23)cc1F. The van der Waals surface area contributed by atoms with E-state index >= 15 is 0 Å². The Labute approximate surface area is 232 Å². The molecule has 2 aromatic heterocycles. The van der Waals surface area contributed by atoms with Crippen LogP contribution in [0.25, 0.3) is 33.1 Å². The van der Waals surface area contributed by atoms with E-state index in [1.165, 1.54) is 19.2 Å². The van der Waals surface area contributed by atoms with Crippen LogP contribution in [0.4, 0.5) is 9.18 Å². The molecule has 0 unspecified atom stereocenters. The van der Waals surface area contributed by atoms with Gasteiger partial charge in [-0.05, 0) is 53.1 Å². The maximum Gasteiger partial charge on any atom is 0.512 e. The molecule has 0 atom stereocenters. The Kier molecular flexibility index (Phi) is 6.75. The van der Waals surface area contributed by atoms with Gasteiger partial charge in [-0.1, -0.05) is 42.5 Å². The lowest BCUT2D eigenvalue weighted by molar-refractivity contribution is 0.141. The highest BCUT2D eigenvalue weighted by Crippen LogP contribution is 2.43. The molecule has 0 spiro atoms. The molecule has 6 aromatic rings. The molecular weight excluding hydrogens is 533 g/mol. The normalized spacial score (nSPS) is 11.2. The number of halogens is 1. The zero-order chi connectivity index (χ0) is 27.6. The highest BCUT2D eigenvalue weighted by atomic mass is 32.1. The van der Waals surface area contributed by atoms with Gasteiger partial charge in [0.15, 0.2) is 11.6 Å². The van der Waals surface area contributed by atoms with Gasteiger partial charge in [-0.3, -0.25) is 0 Å². The molecule has 0 saturated heterocycles. The summed E-state index contributed by atoms with van der Waals surface area (Å²) in [5.41, 5.74) is 4.91. The lowest BCUT2D eigenvalue weighted by atomic mass is 10.0. The van der Waals surface area contributed by atoms with Gasteiger partial charge in [-0.25, -0.2) is 9.18 Å². The number of rotatable bonds is 8. The van der Waals surface area contributed by atoms with Crippen LogP contribution in [0.5, 0.6) is 17.4 Å². The Balaban J connectivity index is 1.52. The van der Waals surface area contributed by atoms with Crippen LogP contribution in [-0.4, -0.2) is 31.7 Å². The fourth-order valence-electron chi connectivity index (χ4n) is 4.69. The minimum absolute atomic E-state index is 0.0591. The van der Waals surface area contributed by atoms with Crippen molar-refractivity contribution in [1.29, 1.82) is 0 Å². The van der Waals surface area contributed by atoms with Crippen molar-refractivity contribution < 1.29 is 28.5 Å². The van der Waals surface area contributed by atoms with E-state index in [1.807, 2.05) is 60.7 Å². The maximum atomic E-state index is 14.8. The van der Waals surface area contributed by atoms with E-state index < -0.39 is 12.0 Å². The van der Waals surface area contributed by atoms with Crippen molar-refractivity contribution in [2.24, 2.45) is 0 Å². The van der Waals surface area contributed by atoms with Gasteiger partial charge >= 0.3 is 6.16 Å². The molecule has 1 N–H and O–H groups in total. The molecular formula is C30H22FN3O5S. The fraction of sp³-hybridized carbons (Fsp3) is 0.100. The first kappa shape index (κ1) is 25.3. The van der Waals surface area contributed by atoms with Gasteiger partial charge in [0.1, 0.15) is 23.4 Å². The van der Waals surface area contributed by atoms with Crippen molar-refractivity contribution in [2.45, 2.75) is 13.2 Å². The molecule has 10 heteroatoms. The minimum atomic E-state index is -1.49. The van der Waals surface area contributed by atoms with Crippen molar-refractivity contribution in [2.75, 3.05) is 7.11 Å². The smallest absolute Gasteiger partial charge is 0.494 e. The first-order chi connectivity index (χ1) is 19.5. The quantitative estimate of drug-likeness (QED) is 0.199. The number of methoxy groups -OCH3 is 1. The summed E-state index contributed by atoms with van der Waals surface area (Å²) in [4.78, 5) is 11.9. The van der Waals surface area contributed by atoms with Crippen LogP contribution >= 0.6 is 11.7 Å². The lowest BCUT2D eigenvalue weighted by Gasteiger charge is -2.12. The van der Waals surface area contributed by atoms with Crippen LogP contribution in [0.2, 0.25) is 0 Å². The first-order valence-electron chi connectivity index (χ1n) is 12.3. The molecule has 0 aliphatic carbocycles. The molecule has 0 amide bonds. The molecule has 200 valence electrons. The predicted octanol–water partition coefficient (Wildman–Crippen LogP) is 7.14. The average Bonchev–Trinajstić information content (AvgIpc) is 3.54. The van der Waals surface area contributed by atoms with Crippen molar-refractivity contribution >= 4 is 39.8 Å². The van der Waals surface area contributed by atoms with Crippen molar-refractivity contribution in [3.05, 3.63) is 102 Å². The van der Waals surface area contributed by atoms with E-state index in [9.17, 15) is 14.3 Å². The lowest BCUT2D eigenvalue weighted by Crippen LogP contribution is -2.10. The van der Waals surface area contributed by atoms with Gasteiger partial charge in [0.05, 0.1) is 36.5 Å². The fourth-order valence-corrected chi connectivity index (χ4v) is 5.21. The zero-order valence-electron chi connectivity index (χ0n) is 21.2. The predicted molar refractivity (Wildman–Crippen MR) is 150 cm³/mol. The molecule has 8 nitrogen and oxygen atoms in total. The summed E-state index contributed by atoms with van der Waals surface area (Å²) >= 11 is 1.12. The maximum absolute atomic E-state index is 14.8. The monoisotopic (exact) mass is 555 g/mol. The molecule has 2 heterocycles.